The zero-order chi connectivity index (χ0) is 15.2. The first-order chi connectivity index (χ1) is 10.1. The highest BCUT2D eigenvalue weighted by atomic mass is 16.4. The molecule has 2 rings (SSSR count). The normalized spacial score (nSPS) is 15.8. The molecular weight excluding hydrogens is 270 g/mol. The van der Waals surface area contributed by atoms with Gasteiger partial charge in [0.1, 0.15) is 0 Å². The minimum atomic E-state index is -0.905. The standard InChI is InChI=1S/C15H21N3O3/c1-2-16-15(21)18-9-7-17(8-10-18)11-12-3-5-13(6-4-12)14(19)20/h3-6H,2,7-11H2,1H3,(H,16,21)(H,19,20). The van der Waals surface area contributed by atoms with E-state index in [9.17, 15) is 9.59 Å². The molecule has 1 heterocycles. The number of carboxylic acid groups (broad SMARTS) is 1. The van der Waals surface area contributed by atoms with Gasteiger partial charge in [-0.2, -0.15) is 0 Å². The number of benzene rings is 1. The third-order valence-corrected chi connectivity index (χ3v) is 3.59. The minimum absolute atomic E-state index is 0.00274. The van der Waals surface area contributed by atoms with Crippen LogP contribution in [-0.4, -0.2) is 59.6 Å². The summed E-state index contributed by atoms with van der Waals surface area (Å²) in [7, 11) is 0. The van der Waals surface area contributed by atoms with Gasteiger partial charge in [0.15, 0.2) is 0 Å². The van der Waals surface area contributed by atoms with Crippen molar-refractivity contribution >= 4 is 12.0 Å². The van der Waals surface area contributed by atoms with Crippen LogP contribution in [0, 0.1) is 0 Å². The maximum absolute atomic E-state index is 11.7. The second-order valence-electron chi connectivity index (χ2n) is 5.10. The molecule has 2 amide bonds. The van der Waals surface area contributed by atoms with Crippen molar-refractivity contribution in [1.82, 2.24) is 15.1 Å². The molecule has 0 atom stereocenters. The molecule has 1 aromatic rings. The molecule has 0 saturated carbocycles. The third-order valence-electron chi connectivity index (χ3n) is 3.59. The van der Waals surface area contributed by atoms with E-state index in [1.807, 2.05) is 24.0 Å². The van der Waals surface area contributed by atoms with Crippen LogP contribution in [0.3, 0.4) is 0 Å². The molecule has 1 aromatic carbocycles. The fraction of sp³-hybridized carbons (Fsp3) is 0.467. The molecule has 0 unspecified atom stereocenters. The number of carboxylic acids is 1. The zero-order valence-electron chi connectivity index (χ0n) is 12.2. The SMILES string of the molecule is CCNC(=O)N1CCN(Cc2ccc(C(=O)O)cc2)CC1. The van der Waals surface area contributed by atoms with Gasteiger partial charge in [-0.3, -0.25) is 4.90 Å². The van der Waals surface area contributed by atoms with E-state index in [0.29, 0.717) is 12.1 Å². The Hall–Kier alpha value is -2.08. The number of aromatic carboxylic acids is 1. The van der Waals surface area contributed by atoms with E-state index >= 15 is 0 Å². The van der Waals surface area contributed by atoms with E-state index in [-0.39, 0.29) is 6.03 Å². The number of nitrogens with zero attached hydrogens (tertiary/aromatic N) is 2. The van der Waals surface area contributed by atoms with Crippen LogP contribution in [0.5, 0.6) is 0 Å². The average molecular weight is 291 g/mol. The Morgan fingerprint density at radius 2 is 1.76 bits per heavy atom. The number of urea groups is 1. The highest BCUT2D eigenvalue weighted by Crippen LogP contribution is 2.10. The van der Waals surface area contributed by atoms with E-state index in [1.165, 1.54) is 0 Å². The Morgan fingerprint density at radius 1 is 1.14 bits per heavy atom. The van der Waals surface area contributed by atoms with E-state index in [0.717, 1.165) is 38.3 Å². The van der Waals surface area contributed by atoms with Crippen LogP contribution in [0.15, 0.2) is 24.3 Å². The Labute approximate surface area is 124 Å². The van der Waals surface area contributed by atoms with Crippen molar-refractivity contribution in [3.8, 4) is 0 Å². The van der Waals surface area contributed by atoms with Gasteiger partial charge in [0, 0.05) is 39.3 Å². The van der Waals surface area contributed by atoms with Gasteiger partial charge in [0.25, 0.3) is 0 Å². The molecule has 6 heteroatoms. The topological polar surface area (TPSA) is 72.9 Å². The van der Waals surface area contributed by atoms with Gasteiger partial charge < -0.3 is 15.3 Å². The third kappa shape index (κ3) is 4.19. The summed E-state index contributed by atoms with van der Waals surface area (Å²) in [5, 5.41) is 11.7. The van der Waals surface area contributed by atoms with Gasteiger partial charge in [0.05, 0.1) is 5.56 Å². The fourth-order valence-corrected chi connectivity index (χ4v) is 2.38. The van der Waals surface area contributed by atoms with Gasteiger partial charge in [-0.05, 0) is 24.6 Å². The van der Waals surface area contributed by atoms with Crippen LogP contribution in [-0.2, 0) is 6.54 Å². The number of hydrogen-bond acceptors (Lipinski definition) is 3. The largest absolute Gasteiger partial charge is 0.478 e. The Morgan fingerprint density at radius 3 is 2.29 bits per heavy atom. The molecule has 1 aliphatic heterocycles. The van der Waals surface area contributed by atoms with Crippen LogP contribution in [0.25, 0.3) is 0 Å². The number of rotatable bonds is 4. The summed E-state index contributed by atoms with van der Waals surface area (Å²) in [6, 6.07) is 6.95. The zero-order valence-corrected chi connectivity index (χ0v) is 12.2. The Bertz CT molecular complexity index is 493. The monoisotopic (exact) mass is 291 g/mol. The molecule has 2 N–H and O–H groups in total. The van der Waals surface area contributed by atoms with Gasteiger partial charge in [0.2, 0.25) is 0 Å². The second kappa shape index (κ2) is 7.08. The van der Waals surface area contributed by atoms with E-state index in [1.54, 1.807) is 12.1 Å². The lowest BCUT2D eigenvalue weighted by atomic mass is 10.1. The van der Waals surface area contributed by atoms with Crippen molar-refractivity contribution in [3.05, 3.63) is 35.4 Å². The van der Waals surface area contributed by atoms with E-state index in [4.69, 9.17) is 5.11 Å². The maximum Gasteiger partial charge on any atom is 0.335 e. The van der Waals surface area contributed by atoms with Crippen molar-refractivity contribution in [2.45, 2.75) is 13.5 Å². The van der Waals surface area contributed by atoms with Gasteiger partial charge in [-0.1, -0.05) is 12.1 Å². The smallest absolute Gasteiger partial charge is 0.335 e. The molecule has 0 aromatic heterocycles. The minimum Gasteiger partial charge on any atom is -0.478 e. The number of hydrogen-bond donors (Lipinski definition) is 2. The number of carbonyl (C=O) groups is 2. The van der Waals surface area contributed by atoms with Gasteiger partial charge in [-0.15, -0.1) is 0 Å². The average Bonchev–Trinajstić information content (AvgIpc) is 2.49. The molecule has 0 radical (unpaired) electrons. The predicted octanol–water partition coefficient (Wildman–Crippen LogP) is 1.23. The first-order valence-electron chi connectivity index (χ1n) is 7.17. The van der Waals surface area contributed by atoms with E-state index in [2.05, 4.69) is 10.2 Å². The van der Waals surface area contributed by atoms with Crippen molar-refractivity contribution in [2.24, 2.45) is 0 Å². The molecule has 6 nitrogen and oxygen atoms in total. The maximum atomic E-state index is 11.7. The van der Waals surface area contributed by atoms with Crippen LogP contribution in [0.4, 0.5) is 4.79 Å². The van der Waals surface area contributed by atoms with Gasteiger partial charge >= 0.3 is 12.0 Å². The number of amides is 2. The fourth-order valence-electron chi connectivity index (χ4n) is 2.38. The Balaban J connectivity index is 1.83. The first-order valence-corrected chi connectivity index (χ1v) is 7.17. The quantitative estimate of drug-likeness (QED) is 0.875. The molecule has 1 aliphatic rings. The van der Waals surface area contributed by atoms with Crippen LogP contribution < -0.4 is 5.32 Å². The molecule has 0 spiro atoms. The summed E-state index contributed by atoms with van der Waals surface area (Å²) in [5.74, 6) is -0.905. The molecule has 114 valence electrons. The number of nitrogens with one attached hydrogen (secondary N) is 1. The van der Waals surface area contributed by atoms with E-state index < -0.39 is 5.97 Å². The summed E-state index contributed by atoms with van der Waals surface area (Å²) in [6.45, 7) is 6.45. The summed E-state index contributed by atoms with van der Waals surface area (Å²) < 4.78 is 0. The van der Waals surface area contributed by atoms with Crippen LogP contribution in [0.2, 0.25) is 0 Å². The van der Waals surface area contributed by atoms with Crippen LogP contribution >= 0.6 is 0 Å². The predicted molar refractivity (Wildman–Crippen MR) is 79.3 cm³/mol. The second-order valence-corrected chi connectivity index (χ2v) is 5.10. The highest BCUT2D eigenvalue weighted by Gasteiger charge is 2.20. The first kappa shape index (κ1) is 15.3. The molecule has 1 fully saturated rings. The summed E-state index contributed by atoms with van der Waals surface area (Å²) in [6.07, 6.45) is 0. The summed E-state index contributed by atoms with van der Waals surface area (Å²) >= 11 is 0. The van der Waals surface area contributed by atoms with Crippen molar-refractivity contribution in [3.63, 3.8) is 0 Å². The molecule has 21 heavy (non-hydrogen) atoms. The van der Waals surface area contributed by atoms with Crippen LogP contribution in [0.1, 0.15) is 22.8 Å². The molecule has 0 aliphatic carbocycles. The summed E-state index contributed by atoms with van der Waals surface area (Å²) in [5.41, 5.74) is 1.39. The number of piperazine rings is 1. The number of carbonyl (C=O) groups excluding carboxylic acids is 1. The molecule has 1 saturated heterocycles. The Kier molecular flexibility index (Phi) is 5.16. The molecule has 0 bridgehead atoms. The highest BCUT2D eigenvalue weighted by molar-refractivity contribution is 5.87. The van der Waals surface area contributed by atoms with Gasteiger partial charge in [-0.25, -0.2) is 9.59 Å². The van der Waals surface area contributed by atoms with Crippen molar-refractivity contribution in [1.29, 1.82) is 0 Å². The summed E-state index contributed by atoms with van der Waals surface area (Å²) in [4.78, 5) is 26.6. The lowest BCUT2D eigenvalue weighted by Crippen LogP contribution is -2.51. The molecular formula is C15H21N3O3. The van der Waals surface area contributed by atoms with Crippen molar-refractivity contribution < 1.29 is 14.7 Å². The lowest BCUT2D eigenvalue weighted by Gasteiger charge is -2.34. The lowest BCUT2D eigenvalue weighted by molar-refractivity contribution is 0.0697. The van der Waals surface area contributed by atoms with Crippen molar-refractivity contribution in [2.75, 3.05) is 32.7 Å².